The average Bonchev–Trinajstić information content (AvgIpc) is 2.68. The Morgan fingerprint density at radius 2 is 1.89 bits per heavy atom. The van der Waals surface area contributed by atoms with Gasteiger partial charge in [-0.25, -0.2) is 4.98 Å². The van der Waals surface area contributed by atoms with E-state index in [1.807, 2.05) is 31.2 Å². The molecule has 3 aromatic rings. The van der Waals surface area contributed by atoms with Crippen molar-refractivity contribution in [3.05, 3.63) is 87.4 Å². The zero-order chi connectivity index (χ0) is 20.3. The summed E-state index contributed by atoms with van der Waals surface area (Å²) in [7, 11) is 0. The highest BCUT2D eigenvalue weighted by molar-refractivity contribution is 6.31. The van der Waals surface area contributed by atoms with Gasteiger partial charge in [0.15, 0.2) is 0 Å². The Morgan fingerprint density at radius 1 is 1.11 bits per heavy atom. The summed E-state index contributed by atoms with van der Waals surface area (Å²) in [5, 5.41) is 3.61. The van der Waals surface area contributed by atoms with Crippen LogP contribution in [0.4, 0.5) is 4.39 Å². The summed E-state index contributed by atoms with van der Waals surface area (Å²) in [5.74, 6) is -0.746. The number of nitrogens with one attached hydrogen (secondary N) is 1. The second kappa shape index (κ2) is 8.50. The van der Waals surface area contributed by atoms with Gasteiger partial charge >= 0.3 is 0 Å². The first-order valence-corrected chi connectivity index (χ1v) is 9.26. The van der Waals surface area contributed by atoms with E-state index < -0.39 is 5.95 Å². The highest BCUT2D eigenvalue weighted by Gasteiger charge is 2.12. The van der Waals surface area contributed by atoms with Crippen molar-refractivity contribution in [2.24, 2.45) is 5.73 Å². The molecule has 3 N–H and O–H groups in total. The van der Waals surface area contributed by atoms with Crippen LogP contribution in [0, 0.1) is 19.8 Å². The predicted octanol–water partition coefficient (Wildman–Crippen LogP) is 4.55. The minimum atomic E-state index is -0.535. The summed E-state index contributed by atoms with van der Waals surface area (Å²) < 4.78 is 13.3. The number of amides is 1. The number of nitrogens with two attached hydrogens (primary N) is 1. The maximum Gasteiger partial charge on any atom is 0.251 e. The van der Waals surface area contributed by atoms with Gasteiger partial charge in [0.25, 0.3) is 5.91 Å². The second-order valence-corrected chi connectivity index (χ2v) is 7.06. The third-order valence-electron chi connectivity index (χ3n) is 4.53. The lowest BCUT2D eigenvalue weighted by atomic mass is 9.98. The van der Waals surface area contributed by atoms with Crippen LogP contribution < -0.4 is 11.1 Å². The molecular formula is C22H21ClFN3O. The Labute approximate surface area is 168 Å². The fourth-order valence-electron chi connectivity index (χ4n) is 3.03. The summed E-state index contributed by atoms with van der Waals surface area (Å²) in [6.45, 7) is 4.33. The number of rotatable bonds is 5. The molecule has 0 atom stereocenters. The Balaban J connectivity index is 1.86. The van der Waals surface area contributed by atoms with Gasteiger partial charge in [0.2, 0.25) is 5.95 Å². The van der Waals surface area contributed by atoms with Crippen LogP contribution in [0.15, 0.2) is 48.5 Å². The molecule has 0 fully saturated rings. The SMILES string of the molecule is Cc1cc(CNC(=O)c2cc(CN)cc(-c3ccc(F)nc3C)c2)ccc1Cl. The molecule has 0 aliphatic carbocycles. The smallest absolute Gasteiger partial charge is 0.251 e. The molecule has 0 saturated heterocycles. The molecule has 0 aliphatic heterocycles. The number of aromatic nitrogens is 1. The molecule has 0 saturated carbocycles. The van der Waals surface area contributed by atoms with E-state index in [-0.39, 0.29) is 12.5 Å². The number of nitrogens with zero attached hydrogens (tertiary/aromatic N) is 1. The van der Waals surface area contributed by atoms with Crippen molar-refractivity contribution in [3.8, 4) is 11.1 Å². The molecule has 1 aromatic heterocycles. The molecule has 144 valence electrons. The summed E-state index contributed by atoms with van der Waals surface area (Å²) in [5.41, 5.74) is 11.1. The monoisotopic (exact) mass is 397 g/mol. The van der Waals surface area contributed by atoms with Crippen LogP contribution in [-0.2, 0) is 13.1 Å². The molecule has 6 heteroatoms. The number of carbonyl (C=O) groups excluding carboxylic acids is 1. The van der Waals surface area contributed by atoms with Gasteiger partial charge in [-0.3, -0.25) is 4.79 Å². The normalized spacial score (nSPS) is 10.8. The number of aryl methyl sites for hydroxylation is 2. The van der Waals surface area contributed by atoms with Crippen LogP contribution in [0.3, 0.4) is 0 Å². The largest absolute Gasteiger partial charge is 0.348 e. The van der Waals surface area contributed by atoms with Gasteiger partial charge in [-0.05, 0) is 72.5 Å². The molecule has 1 amide bonds. The van der Waals surface area contributed by atoms with Crippen molar-refractivity contribution in [1.29, 1.82) is 0 Å². The molecule has 2 aromatic carbocycles. The van der Waals surface area contributed by atoms with E-state index in [9.17, 15) is 9.18 Å². The van der Waals surface area contributed by atoms with Crippen LogP contribution in [-0.4, -0.2) is 10.9 Å². The summed E-state index contributed by atoms with van der Waals surface area (Å²) in [6.07, 6.45) is 0. The van der Waals surface area contributed by atoms with Gasteiger partial charge in [-0.2, -0.15) is 4.39 Å². The predicted molar refractivity (Wildman–Crippen MR) is 110 cm³/mol. The van der Waals surface area contributed by atoms with Crippen LogP contribution >= 0.6 is 11.6 Å². The third-order valence-corrected chi connectivity index (χ3v) is 4.95. The molecule has 0 radical (unpaired) electrons. The first-order chi connectivity index (χ1) is 13.4. The van der Waals surface area contributed by atoms with Gasteiger partial charge in [0, 0.05) is 34.9 Å². The van der Waals surface area contributed by atoms with E-state index in [0.29, 0.717) is 22.8 Å². The van der Waals surface area contributed by atoms with E-state index >= 15 is 0 Å². The van der Waals surface area contributed by atoms with Crippen LogP contribution in [0.25, 0.3) is 11.1 Å². The van der Waals surface area contributed by atoms with Crippen molar-refractivity contribution in [2.45, 2.75) is 26.9 Å². The topological polar surface area (TPSA) is 68.0 Å². The van der Waals surface area contributed by atoms with Crippen molar-refractivity contribution in [2.75, 3.05) is 0 Å². The number of hydrogen-bond donors (Lipinski definition) is 2. The summed E-state index contributed by atoms with van der Waals surface area (Å²) in [6, 6.07) is 14.0. The van der Waals surface area contributed by atoms with Crippen LogP contribution in [0.5, 0.6) is 0 Å². The summed E-state index contributed by atoms with van der Waals surface area (Å²) >= 11 is 6.04. The van der Waals surface area contributed by atoms with E-state index in [2.05, 4.69) is 10.3 Å². The van der Waals surface area contributed by atoms with Gasteiger partial charge in [-0.15, -0.1) is 0 Å². The first-order valence-electron chi connectivity index (χ1n) is 8.88. The second-order valence-electron chi connectivity index (χ2n) is 6.66. The highest BCUT2D eigenvalue weighted by Crippen LogP contribution is 2.25. The van der Waals surface area contributed by atoms with Crippen LogP contribution in [0.1, 0.15) is 32.7 Å². The van der Waals surface area contributed by atoms with Crippen molar-refractivity contribution < 1.29 is 9.18 Å². The lowest BCUT2D eigenvalue weighted by Gasteiger charge is -2.12. The first kappa shape index (κ1) is 20.0. The van der Waals surface area contributed by atoms with E-state index in [0.717, 1.165) is 27.8 Å². The van der Waals surface area contributed by atoms with E-state index in [4.69, 9.17) is 17.3 Å². The van der Waals surface area contributed by atoms with Gasteiger partial charge in [0.1, 0.15) is 0 Å². The molecule has 28 heavy (non-hydrogen) atoms. The average molecular weight is 398 g/mol. The van der Waals surface area contributed by atoms with E-state index in [1.165, 1.54) is 6.07 Å². The summed E-state index contributed by atoms with van der Waals surface area (Å²) in [4.78, 5) is 16.6. The number of benzene rings is 2. The zero-order valence-corrected chi connectivity index (χ0v) is 16.5. The van der Waals surface area contributed by atoms with Crippen molar-refractivity contribution in [3.63, 3.8) is 0 Å². The number of halogens is 2. The van der Waals surface area contributed by atoms with Gasteiger partial charge in [0.05, 0.1) is 0 Å². The Morgan fingerprint density at radius 3 is 2.57 bits per heavy atom. The molecule has 0 aliphatic rings. The third kappa shape index (κ3) is 4.55. The lowest BCUT2D eigenvalue weighted by Crippen LogP contribution is -2.23. The van der Waals surface area contributed by atoms with Crippen molar-refractivity contribution in [1.82, 2.24) is 10.3 Å². The lowest BCUT2D eigenvalue weighted by molar-refractivity contribution is 0.0951. The Hall–Kier alpha value is -2.76. The molecule has 0 spiro atoms. The standard InChI is InChI=1S/C22H21ClFN3O/c1-13-7-15(3-5-20(13)23)12-26-22(28)18-9-16(11-25)8-17(10-18)19-4-6-21(24)27-14(19)2/h3-10H,11-12,25H2,1-2H3,(H,26,28). The minimum Gasteiger partial charge on any atom is -0.348 e. The highest BCUT2D eigenvalue weighted by atomic mass is 35.5. The minimum absolute atomic E-state index is 0.211. The van der Waals surface area contributed by atoms with E-state index in [1.54, 1.807) is 25.1 Å². The number of carbonyl (C=O) groups is 1. The number of hydrogen-bond acceptors (Lipinski definition) is 3. The van der Waals surface area contributed by atoms with Gasteiger partial charge < -0.3 is 11.1 Å². The molecule has 0 unspecified atom stereocenters. The van der Waals surface area contributed by atoms with Crippen LogP contribution in [0.2, 0.25) is 5.02 Å². The quantitative estimate of drug-likeness (QED) is 0.621. The molecular weight excluding hydrogens is 377 g/mol. The molecule has 0 bridgehead atoms. The molecule has 1 heterocycles. The maximum absolute atomic E-state index is 13.3. The van der Waals surface area contributed by atoms with Crippen molar-refractivity contribution >= 4 is 17.5 Å². The Bertz CT molecular complexity index is 1040. The molecule has 4 nitrogen and oxygen atoms in total. The fourth-order valence-corrected chi connectivity index (χ4v) is 3.15. The number of pyridine rings is 1. The van der Waals surface area contributed by atoms with Gasteiger partial charge in [-0.1, -0.05) is 23.7 Å². The maximum atomic E-state index is 13.3. The fraction of sp³-hybridized carbons (Fsp3) is 0.182. The zero-order valence-electron chi connectivity index (χ0n) is 15.7. The Kier molecular flexibility index (Phi) is 6.07. The molecule has 3 rings (SSSR count).